The van der Waals surface area contributed by atoms with Gasteiger partial charge >= 0.3 is 5.76 Å². The van der Waals surface area contributed by atoms with Gasteiger partial charge in [0.15, 0.2) is 5.58 Å². The summed E-state index contributed by atoms with van der Waals surface area (Å²) < 4.78 is 4.96. The molecule has 18 heavy (non-hydrogen) atoms. The molecule has 0 saturated heterocycles. The number of hydrogen-bond acceptors (Lipinski definition) is 4. The van der Waals surface area contributed by atoms with Crippen molar-refractivity contribution in [2.45, 2.75) is 13.5 Å². The molecule has 0 fully saturated rings. The van der Waals surface area contributed by atoms with Crippen molar-refractivity contribution in [3.8, 4) is 11.3 Å². The lowest BCUT2D eigenvalue weighted by Gasteiger charge is -1.99. The fourth-order valence-corrected chi connectivity index (χ4v) is 2.03. The van der Waals surface area contributed by atoms with Crippen molar-refractivity contribution in [3.05, 3.63) is 40.3 Å². The summed E-state index contributed by atoms with van der Waals surface area (Å²) in [6, 6.07) is 5.43. The molecule has 3 rings (SSSR count). The van der Waals surface area contributed by atoms with Gasteiger partial charge in [-0.1, -0.05) is 0 Å². The quantitative estimate of drug-likeness (QED) is 0.632. The molecule has 4 N–H and O–H groups in total. The van der Waals surface area contributed by atoms with E-state index in [-0.39, 0.29) is 0 Å². The summed E-state index contributed by atoms with van der Waals surface area (Å²) in [6.07, 6.45) is 0. The van der Waals surface area contributed by atoms with Crippen LogP contribution in [0.5, 0.6) is 0 Å². The summed E-state index contributed by atoms with van der Waals surface area (Å²) in [5.74, 6) is 0.352. The Morgan fingerprint density at radius 1 is 1.39 bits per heavy atom. The molecule has 2 heterocycles. The second kappa shape index (κ2) is 3.85. The van der Waals surface area contributed by atoms with E-state index in [1.165, 1.54) is 0 Å². The molecule has 0 amide bonds. The molecule has 0 unspecified atom stereocenters. The van der Waals surface area contributed by atoms with Gasteiger partial charge in [0.05, 0.1) is 16.9 Å². The molecule has 0 radical (unpaired) electrons. The average molecular weight is 244 g/mol. The first-order chi connectivity index (χ1) is 8.67. The van der Waals surface area contributed by atoms with E-state index in [1.54, 1.807) is 6.07 Å². The highest BCUT2D eigenvalue weighted by atomic mass is 16.4. The molecule has 6 heteroatoms. The maximum atomic E-state index is 11.1. The van der Waals surface area contributed by atoms with Crippen LogP contribution in [0.1, 0.15) is 11.5 Å². The summed E-state index contributed by atoms with van der Waals surface area (Å²) in [4.78, 5) is 21.2. The minimum Gasteiger partial charge on any atom is -0.408 e. The molecular weight excluding hydrogens is 232 g/mol. The molecule has 1 aromatic carbocycles. The molecule has 0 aliphatic carbocycles. The van der Waals surface area contributed by atoms with E-state index in [2.05, 4.69) is 15.0 Å². The molecule has 0 aliphatic heterocycles. The zero-order valence-corrected chi connectivity index (χ0v) is 9.78. The molecular formula is C12H12N4O2. The first-order valence-electron chi connectivity index (χ1n) is 5.56. The Morgan fingerprint density at radius 3 is 3.00 bits per heavy atom. The minimum atomic E-state index is -0.459. The van der Waals surface area contributed by atoms with Crippen LogP contribution in [0, 0.1) is 6.92 Å². The third kappa shape index (κ3) is 1.63. The van der Waals surface area contributed by atoms with E-state index in [0.29, 0.717) is 17.6 Å². The van der Waals surface area contributed by atoms with Crippen molar-refractivity contribution >= 4 is 11.1 Å². The van der Waals surface area contributed by atoms with E-state index in [4.69, 9.17) is 10.2 Å². The van der Waals surface area contributed by atoms with Crippen molar-refractivity contribution in [1.29, 1.82) is 0 Å². The highest BCUT2D eigenvalue weighted by Gasteiger charge is 2.11. The Kier molecular flexibility index (Phi) is 2.31. The molecule has 92 valence electrons. The Hall–Kier alpha value is -2.34. The highest BCUT2D eigenvalue weighted by molar-refractivity contribution is 5.79. The molecule has 0 bridgehead atoms. The molecule has 0 atom stereocenters. The van der Waals surface area contributed by atoms with Gasteiger partial charge in [-0.05, 0) is 25.1 Å². The maximum absolute atomic E-state index is 11.1. The van der Waals surface area contributed by atoms with Crippen LogP contribution in [0.25, 0.3) is 22.4 Å². The number of imidazole rings is 1. The first-order valence-corrected chi connectivity index (χ1v) is 5.56. The Bertz CT molecular complexity index is 766. The topological polar surface area (TPSA) is 101 Å². The minimum absolute atomic E-state index is 0.385. The van der Waals surface area contributed by atoms with Gasteiger partial charge in [-0.15, -0.1) is 0 Å². The van der Waals surface area contributed by atoms with Crippen molar-refractivity contribution in [3.63, 3.8) is 0 Å². The van der Waals surface area contributed by atoms with E-state index in [1.807, 2.05) is 19.1 Å². The molecule has 0 saturated carbocycles. The van der Waals surface area contributed by atoms with Gasteiger partial charge in [0.25, 0.3) is 0 Å². The number of nitrogens with two attached hydrogens (primary N) is 1. The van der Waals surface area contributed by atoms with Gasteiger partial charge in [-0.3, -0.25) is 4.98 Å². The van der Waals surface area contributed by atoms with Gasteiger partial charge in [0.1, 0.15) is 5.82 Å². The van der Waals surface area contributed by atoms with Crippen LogP contribution in [0.2, 0.25) is 0 Å². The third-order valence-electron chi connectivity index (χ3n) is 2.79. The third-order valence-corrected chi connectivity index (χ3v) is 2.79. The lowest BCUT2D eigenvalue weighted by molar-refractivity contribution is 0.555. The summed E-state index contributed by atoms with van der Waals surface area (Å²) in [7, 11) is 0. The van der Waals surface area contributed by atoms with Crippen molar-refractivity contribution in [2.75, 3.05) is 0 Å². The number of aromatic nitrogens is 3. The normalized spacial score (nSPS) is 11.2. The lowest BCUT2D eigenvalue weighted by atomic mass is 10.1. The predicted octanol–water partition coefficient (Wildman–Crippen LogP) is 1.28. The predicted molar refractivity (Wildman–Crippen MR) is 67.0 cm³/mol. The number of oxazole rings is 1. The molecule has 2 aromatic heterocycles. The summed E-state index contributed by atoms with van der Waals surface area (Å²) >= 11 is 0. The average Bonchev–Trinajstić information content (AvgIpc) is 2.89. The summed E-state index contributed by atoms with van der Waals surface area (Å²) in [5, 5.41) is 0. The Morgan fingerprint density at radius 2 is 2.22 bits per heavy atom. The fraction of sp³-hybridized carbons (Fsp3) is 0.167. The number of fused-ring (bicyclic) bond motifs is 1. The summed E-state index contributed by atoms with van der Waals surface area (Å²) in [6.45, 7) is 2.26. The van der Waals surface area contributed by atoms with E-state index in [9.17, 15) is 4.79 Å². The zero-order chi connectivity index (χ0) is 12.7. The maximum Gasteiger partial charge on any atom is 0.417 e. The monoisotopic (exact) mass is 244 g/mol. The largest absolute Gasteiger partial charge is 0.417 e. The number of benzene rings is 1. The number of H-pyrrole nitrogens is 2. The summed E-state index contributed by atoms with van der Waals surface area (Å²) in [5.41, 5.74) is 9.43. The van der Waals surface area contributed by atoms with Crippen LogP contribution in [0.15, 0.2) is 27.4 Å². The second-order valence-electron chi connectivity index (χ2n) is 4.08. The smallest absolute Gasteiger partial charge is 0.408 e. The number of nitrogens with one attached hydrogen (secondary N) is 2. The van der Waals surface area contributed by atoms with Gasteiger partial charge in [-0.2, -0.15) is 0 Å². The van der Waals surface area contributed by atoms with E-state index < -0.39 is 5.76 Å². The van der Waals surface area contributed by atoms with Gasteiger partial charge in [0, 0.05) is 12.1 Å². The van der Waals surface area contributed by atoms with E-state index in [0.717, 1.165) is 22.8 Å². The Balaban J connectivity index is 2.21. The molecule has 0 aliphatic rings. The van der Waals surface area contributed by atoms with Gasteiger partial charge < -0.3 is 15.1 Å². The lowest BCUT2D eigenvalue weighted by Crippen LogP contribution is -1.98. The molecule has 0 spiro atoms. The van der Waals surface area contributed by atoms with Crippen molar-refractivity contribution < 1.29 is 4.42 Å². The van der Waals surface area contributed by atoms with Crippen LogP contribution in [-0.2, 0) is 6.54 Å². The van der Waals surface area contributed by atoms with Crippen LogP contribution in [-0.4, -0.2) is 15.0 Å². The number of nitrogens with zero attached hydrogens (tertiary/aromatic N) is 1. The number of aromatic amines is 2. The van der Waals surface area contributed by atoms with Crippen LogP contribution in [0.3, 0.4) is 0 Å². The Labute approximate surface area is 102 Å². The SMILES string of the molecule is Cc1nc(-c2ccc3oc(=O)[nH]c3c2)c(CN)[nH]1. The van der Waals surface area contributed by atoms with E-state index >= 15 is 0 Å². The van der Waals surface area contributed by atoms with Crippen LogP contribution < -0.4 is 11.5 Å². The molecule has 3 aromatic rings. The first kappa shape index (κ1) is 10.8. The number of aryl methyl sites for hydroxylation is 1. The fourth-order valence-electron chi connectivity index (χ4n) is 2.03. The van der Waals surface area contributed by atoms with Gasteiger partial charge in [0.2, 0.25) is 0 Å². The van der Waals surface area contributed by atoms with Gasteiger partial charge in [-0.25, -0.2) is 9.78 Å². The van der Waals surface area contributed by atoms with Crippen molar-refractivity contribution in [1.82, 2.24) is 15.0 Å². The van der Waals surface area contributed by atoms with Crippen LogP contribution >= 0.6 is 0 Å². The molecule has 6 nitrogen and oxygen atoms in total. The van der Waals surface area contributed by atoms with Crippen LogP contribution in [0.4, 0.5) is 0 Å². The second-order valence-corrected chi connectivity index (χ2v) is 4.08. The highest BCUT2D eigenvalue weighted by Crippen LogP contribution is 2.24. The standard InChI is InChI=1S/C12H12N4O2/c1-6-14-9(5-13)11(15-6)7-2-3-10-8(4-7)16-12(17)18-10/h2-4H,5,13H2,1H3,(H,14,15)(H,16,17). The zero-order valence-electron chi connectivity index (χ0n) is 9.78. The number of hydrogen-bond donors (Lipinski definition) is 3. The van der Waals surface area contributed by atoms with Crippen molar-refractivity contribution in [2.24, 2.45) is 5.73 Å². The number of rotatable bonds is 2.